The van der Waals surface area contributed by atoms with Crippen LogP contribution in [-0.4, -0.2) is 31.1 Å². The fraction of sp³-hybridized carbons (Fsp3) is 0.500. The van der Waals surface area contributed by atoms with Crippen molar-refractivity contribution in [2.75, 3.05) is 5.73 Å². The third-order valence-electron chi connectivity index (χ3n) is 2.42. The van der Waals surface area contributed by atoms with E-state index in [2.05, 4.69) is 15.0 Å². The van der Waals surface area contributed by atoms with Gasteiger partial charge in [0.05, 0.1) is 12.7 Å². The number of halogens is 1. The molecule has 2 heterocycles. The first-order valence-corrected chi connectivity index (χ1v) is 6.50. The average Bonchev–Trinajstić information content (AvgIpc) is 2.67. The van der Waals surface area contributed by atoms with Crippen LogP contribution in [0.4, 0.5) is 5.95 Å². The molecule has 0 bridgehead atoms. The van der Waals surface area contributed by atoms with Crippen molar-refractivity contribution in [2.24, 2.45) is 0 Å². The molecule has 0 amide bonds. The second kappa shape index (κ2) is 5.24. The maximum Gasteiger partial charge on any atom is 0.308 e. The van der Waals surface area contributed by atoms with Crippen molar-refractivity contribution in [3.8, 4) is 0 Å². The van der Waals surface area contributed by atoms with Crippen LogP contribution in [-0.2, 0) is 16.1 Å². The Balaban J connectivity index is 2.13. The maximum atomic E-state index is 11.7. The number of carbonyl (C=O) groups is 1. The number of nitrogens with zero attached hydrogens (tertiary/aromatic N) is 4. The monoisotopic (exact) mass is 297 g/mol. The first kappa shape index (κ1) is 14.5. The highest BCUT2D eigenvalue weighted by Gasteiger charge is 2.17. The van der Waals surface area contributed by atoms with Gasteiger partial charge in [0.2, 0.25) is 5.95 Å². The Labute approximate surface area is 121 Å². The summed E-state index contributed by atoms with van der Waals surface area (Å²) in [5.41, 5.74) is 6.03. The molecule has 2 aromatic heterocycles. The predicted molar refractivity (Wildman–Crippen MR) is 75.2 cm³/mol. The lowest BCUT2D eigenvalue weighted by atomic mass is 10.2. The van der Waals surface area contributed by atoms with E-state index in [9.17, 15) is 4.79 Å². The number of esters is 1. The Kier molecular flexibility index (Phi) is 3.80. The van der Waals surface area contributed by atoms with E-state index in [1.54, 1.807) is 10.9 Å². The van der Waals surface area contributed by atoms with Crippen LogP contribution >= 0.6 is 11.6 Å². The number of ether oxygens (including phenoxy) is 1. The van der Waals surface area contributed by atoms with Crippen molar-refractivity contribution in [1.82, 2.24) is 19.5 Å². The van der Waals surface area contributed by atoms with Crippen LogP contribution in [0.25, 0.3) is 11.2 Å². The lowest BCUT2D eigenvalue weighted by Crippen LogP contribution is -2.24. The molecule has 0 spiro atoms. The average molecular weight is 298 g/mol. The molecule has 0 aliphatic rings. The summed E-state index contributed by atoms with van der Waals surface area (Å²) in [6.45, 7) is 5.86. The van der Waals surface area contributed by atoms with Gasteiger partial charge in [0.15, 0.2) is 10.8 Å². The van der Waals surface area contributed by atoms with Gasteiger partial charge in [-0.25, -0.2) is 4.98 Å². The summed E-state index contributed by atoms with van der Waals surface area (Å²) in [5.74, 6) is -0.214. The quantitative estimate of drug-likeness (QED) is 0.685. The lowest BCUT2D eigenvalue weighted by molar-refractivity contribution is -0.155. The fourth-order valence-electron chi connectivity index (χ4n) is 1.69. The molecule has 0 aromatic carbocycles. The minimum atomic E-state index is -0.496. The smallest absolute Gasteiger partial charge is 0.308 e. The number of nitrogen functional groups attached to an aromatic ring is 1. The van der Waals surface area contributed by atoms with Gasteiger partial charge in [-0.15, -0.1) is 0 Å². The van der Waals surface area contributed by atoms with Gasteiger partial charge in [-0.2, -0.15) is 9.97 Å². The van der Waals surface area contributed by atoms with Crippen LogP contribution in [0.3, 0.4) is 0 Å². The van der Waals surface area contributed by atoms with Crippen molar-refractivity contribution in [2.45, 2.75) is 39.3 Å². The molecule has 8 heteroatoms. The summed E-state index contributed by atoms with van der Waals surface area (Å²) < 4.78 is 6.94. The second-order valence-electron chi connectivity index (χ2n) is 5.32. The van der Waals surface area contributed by atoms with Crippen LogP contribution in [0.15, 0.2) is 6.33 Å². The van der Waals surface area contributed by atoms with E-state index in [1.807, 2.05) is 20.8 Å². The van der Waals surface area contributed by atoms with Gasteiger partial charge in [-0.1, -0.05) is 11.6 Å². The molecule has 0 fully saturated rings. The number of imidazole rings is 1. The van der Waals surface area contributed by atoms with Crippen LogP contribution in [0.1, 0.15) is 27.2 Å². The molecule has 0 atom stereocenters. The minimum Gasteiger partial charge on any atom is -0.460 e. The van der Waals surface area contributed by atoms with Crippen molar-refractivity contribution >= 4 is 34.7 Å². The normalized spacial score (nSPS) is 11.8. The summed E-state index contributed by atoms with van der Waals surface area (Å²) >= 11 is 5.93. The number of anilines is 1. The first-order chi connectivity index (χ1) is 9.26. The molecular formula is C12H16ClN5O2. The Morgan fingerprint density at radius 3 is 2.80 bits per heavy atom. The molecule has 0 aliphatic carbocycles. The molecule has 2 N–H and O–H groups in total. The van der Waals surface area contributed by atoms with E-state index in [0.717, 1.165) is 0 Å². The number of fused-ring (bicyclic) bond motifs is 1. The molecular weight excluding hydrogens is 282 g/mol. The maximum absolute atomic E-state index is 11.7. The lowest BCUT2D eigenvalue weighted by Gasteiger charge is -2.19. The molecule has 0 radical (unpaired) electrons. The largest absolute Gasteiger partial charge is 0.460 e. The summed E-state index contributed by atoms with van der Waals surface area (Å²) in [6.07, 6.45) is 1.76. The predicted octanol–water partition coefficient (Wildman–Crippen LogP) is 1.79. The summed E-state index contributed by atoms with van der Waals surface area (Å²) in [5, 5.41) is 0.198. The Bertz CT molecular complexity index is 647. The van der Waals surface area contributed by atoms with Crippen molar-refractivity contribution in [3.05, 3.63) is 11.5 Å². The van der Waals surface area contributed by atoms with Crippen molar-refractivity contribution in [1.29, 1.82) is 0 Å². The molecule has 20 heavy (non-hydrogen) atoms. The summed E-state index contributed by atoms with van der Waals surface area (Å²) in [6, 6.07) is 0. The fourth-order valence-corrected chi connectivity index (χ4v) is 1.91. The van der Waals surface area contributed by atoms with Crippen molar-refractivity contribution < 1.29 is 9.53 Å². The molecule has 0 saturated carbocycles. The van der Waals surface area contributed by atoms with E-state index < -0.39 is 5.60 Å². The van der Waals surface area contributed by atoms with E-state index >= 15 is 0 Å². The van der Waals surface area contributed by atoms with Crippen LogP contribution in [0, 0.1) is 0 Å². The Morgan fingerprint density at radius 2 is 2.15 bits per heavy atom. The number of aromatic nitrogens is 4. The van der Waals surface area contributed by atoms with Gasteiger partial charge >= 0.3 is 5.97 Å². The molecule has 0 aliphatic heterocycles. The van der Waals surface area contributed by atoms with Crippen LogP contribution in [0.2, 0.25) is 5.15 Å². The van der Waals surface area contributed by atoms with Gasteiger partial charge in [0.25, 0.3) is 0 Å². The van der Waals surface area contributed by atoms with E-state index in [0.29, 0.717) is 17.7 Å². The summed E-state index contributed by atoms with van der Waals surface area (Å²) in [7, 11) is 0. The highest BCUT2D eigenvalue weighted by molar-refractivity contribution is 6.33. The number of rotatable bonds is 3. The van der Waals surface area contributed by atoms with E-state index in [-0.39, 0.29) is 23.5 Å². The number of aryl methyl sites for hydroxylation is 1. The highest BCUT2D eigenvalue weighted by atomic mass is 35.5. The zero-order chi connectivity index (χ0) is 14.9. The standard InChI is InChI=1S/C12H16ClN5O2/c1-12(2,3)20-7(19)4-5-18-6-15-8-9(13)16-11(14)17-10(8)18/h6H,4-5H2,1-3H3,(H2,14,16,17). The number of hydrogen-bond donors (Lipinski definition) is 1. The van der Waals surface area contributed by atoms with Gasteiger partial charge in [-0.05, 0) is 20.8 Å². The minimum absolute atomic E-state index is 0.0709. The molecule has 2 aromatic rings. The molecule has 7 nitrogen and oxygen atoms in total. The zero-order valence-corrected chi connectivity index (χ0v) is 12.3. The van der Waals surface area contributed by atoms with E-state index in [4.69, 9.17) is 22.1 Å². The third kappa shape index (κ3) is 3.36. The number of carbonyl (C=O) groups excluding carboxylic acids is 1. The highest BCUT2D eigenvalue weighted by Crippen LogP contribution is 2.19. The second-order valence-corrected chi connectivity index (χ2v) is 5.68. The number of hydrogen-bond acceptors (Lipinski definition) is 6. The van der Waals surface area contributed by atoms with Gasteiger partial charge in [-0.3, -0.25) is 4.79 Å². The van der Waals surface area contributed by atoms with Crippen molar-refractivity contribution in [3.63, 3.8) is 0 Å². The zero-order valence-electron chi connectivity index (χ0n) is 11.6. The number of nitrogens with two attached hydrogens (primary N) is 1. The van der Waals surface area contributed by atoms with Crippen LogP contribution < -0.4 is 5.73 Å². The summed E-state index contributed by atoms with van der Waals surface area (Å²) in [4.78, 5) is 23.7. The van der Waals surface area contributed by atoms with E-state index in [1.165, 1.54) is 0 Å². The first-order valence-electron chi connectivity index (χ1n) is 6.12. The Hall–Kier alpha value is -1.89. The third-order valence-corrected chi connectivity index (χ3v) is 2.68. The molecule has 2 rings (SSSR count). The molecule has 108 valence electrons. The van der Waals surface area contributed by atoms with Gasteiger partial charge in [0, 0.05) is 6.54 Å². The Morgan fingerprint density at radius 1 is 1.45 bits per heavy atom. The topological polar surface area (TPSA) is 95.9 Å². The van der Waals surface area contributed by atoms with Crippen LogP contribution in [0.5, 0.6) is 0 Å². The SMILES string of the molecule is CC(C)(C)OC(=O)CCn1cnc2c(Cl)nc(N)nc21. The molecule has 0 unspecified atom stereocenters. The van der Waals surface area contributed by atoms with Gasteiger partial charge in [0.1, 0.15) is 11.1 Å². The van der Waals surface area contributed by atoms with Gasteiger partial charge < -0.3 is 15.0 Å². The molecule has 0 saturated heterocycles.